The van der Waals surface area contributed by atoms with Gasteiger partial charge in [-0.1, -0.05) is 6.07 Å². The molecule has 0 amide bonds. The molecule has 3 aromatic heterocycles. The van der Waals surface area contributed by atoms with Gasteiger partial charge >= 0.3 is 0 Å². The number of anilines is 4. The van der Waals surface area contributed by atoms with Gasteiger partial charge < -0.3 is 19.7 Å². The first-order chi connectivity index (χ1) is 16.5. The summed E-state index contributed by atoms with van der Waals surface area (Å²) in [5, 5.41) is 3.59. The average Bonchev–Trinajstić information content (AvgIpc) is 3.22. The number of imidazole rings is 1. The van der Waals surface area contributed by atoms with E-state index in [1.165, 1.54) is 5.56 Å². The van der Waals surface area contributed by atoms with E-state index in [2.05, 4.69) is 76.4 Å². The van der Waals surface area contributed by atoms with Gasteiger partial charge in [0.2, 0.25) is 5.95 Å². The number of piperidine rings is 1. The van der Waals surface area contributed by atoms with Gasteiger partial charge in [0.05, 0.1) is 6.33 Å². The second-order valence-electron chi connectivity index (χ2n) is 9.41. The van der Waals surface area contributed by atoms with Crippen molar-refractivity contribution in [3.05, 3.63) is 60.2 Å². The zero-order valence-electron chi connectivity index (χ0n) is 20.4. The third-order valence-corrected chi connectivity index (χ3v) is 6.72. The van der Waals surface area contributed by atoms with Crippen LogP contribution in [0.5, 0.6) is 0 Å². The quantitative estimate of drug-likeness (QED) is 0.463. The highest BCUT2D eigenvalue weighted by atomic mass is 15.3. The molecule has 1 saturated heterocycles. The second kappa shape index (κ2) is 9.29. The number of nitrogens with zero attached hydrogens (tertiary/aromatic N) is 7. The van der Waals surface area contributed by atoms with Crippen LogP contribution in [0.25, 0.3) is 11.2 Å². The standard InChI is InChI=1S/C26H32N8/c1-18-5-6-21(32(2)3)16-22(18)29-25-23-24(28-17-33(23)4)30-26(31-25)34-13-9-20(10-14-34)15-19-7-11-27-12-8-19/h5-8,11-12,16-17,20H,9-10,13-15H2,1-4H3,(H,29,30,31). The molecule has 4 heterocycles. The van der Waals surface area contributed by atoms with Gasteiger partial charge in [0.15, 0.2) is 11.5 Å². The van der Waals surface area contributed by atoms with E-state index < -0.39 is 0 Å². The van der Waals surface area contributed by atoms with Crippen LogP contribution < -0.4 is 15.1 Å². The number of rotatable bonds is 6. The number of hydrogen-bond donors (Lipinski definition) is 1. The molecule has 4 aromatic rings. The largest absolute Gasteiger partial charge is 0.378 e. The van der Waals surface area contributed by atoms with Crippen molar-refractivity contribution >= 4 is 34.3 Å². The molecule has 8 nitrogen and oxygen atoms in total. The summed E-state index contributed by atoms with van der Waals surface area (Å²) in [4.78, 5) is 22.9. The lowest BCUT2D eigenvalue weighted by molar-refractivity contribution is 0.401. The van der Waals surface area contributed by atoms with Crippen LogP contribution in [0.1, 0.15) is 24.0 Å². The molecule has 0 bridgehead atoms. The van der Waals surface area contributed by atoms with Crippen LogP contribution in [-0.4, -0.2) is 51.7 Å². The predicted molar refractivity (Wildman–Crippen MR) is 138 cm³/mol. The number of pyridine rings is 1. The molecule has 1 aromatic carbocycles. The maximum atomic E-state index is 5.00. The number of fused-ring (bicyclic) bond motifs is 1. The van der Waals surface area contributed by atoms with Gasteiger partial charge in [-0.2, -0.15) is 9.97 Å². The Hall–Kier alpha value is -3.68. The predicted octanol–water partition coefficient (Wildman–Crippen LogP) is 4.34. The van der Waals surface area contributed by atoms with E-state index in [1.54, 1.807) is 6.33 Å². The maximum Gasteiger partial charge on any atom is 0.229 e. The van der Waals surface area contributed by atoms with Gasteiger partial charge in [-0.3, -0.25) is 4.98 Å². The van der Waals surface area contributed by atoms with E-state index in [0.29, 0.717) is 5.92 Å². The Morgan fingerprint density at radius 2 is 1.82 bits per heavy atom. The molecule has 34 heavy (non-hydrogen) atoms. The van der Waals surface area contributed by atoms with Crippen molar-refractivity contribution in [2.75, 3.05) is 42.3 Å². The normalized spacial score (nSPS) is 14.5. The smallest absolute Gasteiger partial charge is 0.229 e. The number of benzene rings is 1. The van der Waals surface area contributed by atoms with E-state index in [1.807, 2.05) is 24.0 Å². The number of hydrogen-bond acceptors (Lipinski definition) is 7. The minimum Gasteiger partial charge on any atom is -0.378 e. The summed E-state index contributed by atoms with van der Waals surface area (Å²) in [6, 6.07) is 10.7. The lowest BCUT2D eigenvalue weighted by Gasteiger charge is -2.32. The molecule has 1 fully saturated rings. The highest BCUT2D eigenvalue weighted by Crippen LogP contribution is 2.31. The summed E-state index contributed by atoms with van der Waals surface area (Å²) in [5.74, 6) is 2.21. The molecule has 8 heteroatoms. The monoisotopic (exact) mass is 456 g/mol. The Kier molecular flexibility index (Phi) is 6.04. The van der Waals surface area contributed by atoms with Gasteiger partial charge in [-0.15, -0.1) is 0 Å². The summed E-state index contributed by atoms with van der Waals surface area (Å²) < 4.78 is 1.98. The summed E-state index contributed by atoms with van der Waals surface area (Å²) in [6.45, 7) is 4.00. The van der Waals surface area contributed by atoms with Crippen molar-refractivity contribution in [3.8, 4) is 0 Å². The molecule has 0 atom stereocenters. The third-order valence-electron chi connectivity index (χ3n) is 6.72. The van der Waals surface area contributed by atoms with Crippen molar-refractivity contribution in [3.63, 3.8) is 0 Å². The Labute approximate surface area is 200 Å². The molecule has 0 spiro atoms. The minimum atomic E-state index is 0.672. The van der Waals surface area contributed by atoms with Gasteiger partial charge in [-0.05, 0) is 67.5 Å². The number of nitrogens with one attached hydrogen (secondary N) is 1. The summed E-state index contributed by atoms with van der Waals surface area (Å²) in [7, 11) is 6.08. The van der Waals surface area contributed by atoms with E-state index in [9.17, 15) is 0 Å². The third kappa shape index (κ3) is 4.53. The van der Waals surface area contributed by atoms with E-state index >= 15 is 0 Å². The first-order valence-electron chi connectivity index (χ1n) is 11.9. The van der Waals surface area contributed by atoms with E-state index in [0.717, 1.165) is 72.2 Å². The SMILES string of the molecule is Cc1ccc(N(C)C)cc1Nc1nc(N2CCC(Cc3ccncc3)CC2)nc2ncn(C)c12. The summed E-state index contributed by atoms with van der Waals surface area (Å²) >= 11 is 0. The zero-order chi connectivity index (χ0) is 23.7. The Balaban J connectivity index is 1.39. The highest BCUT2D eigenvalue weighted by Gasteiger charge is 2.23. The fraction of sp³-hybridized carbons (Fsp3) is 0.385. The molecule has 1 N–H and O–H groups in total. The molecule has 0 radical (unpaired) electrons. The van der Waals surface area contributed by atoms with Crippen molar-refractivity contribution in [1.29, 1.82) is 0 Å². The molecular weight excluding hydrogens is 424 g/mol. The molecule has 0 aliphatic carbocycles. The van der Waals surface area contributed by atoms with Crippen molar-refractivity contribution < 1.29 is 0 Å². The first-order valence-corrected chi connectivity index (χ1v) is 11.9. The van der Waals surface area contributed by atoms with Gasteiger partial charge in [0.1, 0.15) is 5.52 Å². The molecule has 0 unspecified atom stereocenters. The van der Waals surface area contributed by atoms with Crippen molar-refractivity contribution in [1.82, 2.24) is 24.5 Å². The topological polar surface area (TPSA) is 75.0 Å². The second-order valence-corrected chi connectivity index (χ2v) is 9.41. The Morgan fingerprint density at radius 3 is 2.56 bits per heavy atom. The van der Waals surface area contributed by atoms with Crippen molar-refractivity contribution in [2.24, 2.45) is 13.0 Å². The van der Waals surface area contributed by atoms with Gasteiger partial charge in [0.25, 0.3) is 0 Å². The molecule has 0 saturated carbocycles. The van der Waals surface area contributed by atoms with E-state index in [-0.39, 0.29) is 0 Å². The molecule has 1 aliphatic rings. The van der Waals surface area contributed by atoms with Crippen LogP contribution in [0.3, 0.4) is 0 Å². The molecular formula is C26H32N8. The van der Waals surface area contributed by atoms with Crippen LogP contribution >= 0.6 is 0 Å². The van der Waals surface area contributed by atoms with Gasteiger partial charge in [0, 0.05) is 58.0 Å². The van der Waals surface area contributed by atoms with Crippen molar-refractivity contribution in [2.45, 2.75) is 26.2 Å². The lowest BCUT2D eigenvalue weighted by Crippen LogP contribution is -2.35. The van der Waals surface area contributed by atoms with Crippen LogP contribution in [-0.2, 0) is 13.5 Å². The maximum absolute atomic E-state index is 5.00. The molecule has 5 rings (SSSR count). The lowest BCUT2D eigenvalue weighted by atomic mass is 9.90. The van der Waals surface area contributed by atoms with Crippen LogP contribution in [0.2, 0.25) is 0 Å². The summed E-state index contributed by atoms with van der Waals surface area (Å²) in [5.41, 5.74) is 6.33. The zero-order valence-corrected chi connectivity index (χ0v) is 20.4. The van der Waals surface area contributed by atoms with Gasteiger partial charge in [-0.25, -0.2) is 4.98 Å². The molecule has 1 aliphatic heterocycles. The Bertz CT molecular complexity index is 1270. The summed E-state index contributed by atoms with van der Waals surface area (Å²) in [6.07, 6.45) is 8.91. The number of aryl methyl sites for hydroxylation is 2. The highest BCUT2D eigenvalue weighted by molar-refractivity contribution is 5.87. The Morgan fingerprint density at radius 1 is 1.06 bits per heavy atom. The molecule has 176 valence electrons. The fourth-order valence-corrected chi connectivity index (χ4v) is 4.61. The van der Waals surface area contributed by atoms with Crippen LogP contribution in [0.15, 0.2) is 49.1 Å². The average molecular weight is 457 g/mol. The fourth-order valence-electron chi connectivity index (χ4n) is 4.61. The minimum absolute atomic E-state index is 0.672. The van der Waals surface area contributed by atoms with E-state index in [4.69, 9.17) is 9.97 Å². The van der Waals surface area contributed by atoms with Crippen LogP contribution in [0.4, 0.5) is 23.1 Å². The van der Waals surface area contributed by atoms with Crippen LogP contribution in [0, 0.1) is 12.8 Å². The number of aromatic nitrogens is 5. The first kappa shape index (κ1) is 22.1.